The number of unbranched alkanes of at least 4 members (excludes halogenated alkanes) is 3. The minimum absolute atomic E-state index is 0.326. The summed E-state index contributed by atoms with van der Waals surface area (Å²) < 4.78 is 28.1. The Kier molecular flexibility index (Phi) is 6.87. The van der Waals surface area contributed by atoms with Crippen molar-refractivity contribution >= 4 is 9.84 Å². The van der Waals surface area contributed by atoms with Gasteiger partial charge in [0.2, 0.25) is 0 Å². The summed E-state index contributed by atoms with van der Waals surface area (Å²) in [6.45, 7) is 1.74. The Labute approximate surface area is 116 Å². The first-order valence-electron chi connectivity index (χ1n) is 6.61. The fourth-order valence-electron chi connectivity index (χ4n) is 1.73. The van der Waals surface area contributed by atoms with Crippen molar-refractivity contribution in [2.75, 3.05) is 26.5 Å². The van der Waals surface area contributed by atoms with Gasteiger partial charge in [0, 0.05) is 6.26 Å². The maximum Gasteiger partial charge on any atom is 0.175 e. The van der Waals surface area contributed by atoms with E-state index >= 15 is 0 Å². The molecule has 5 heteroatoms. The molecule has 0 aromatic heterocycles. The highest BCUT2D eigenvalue weighted by atomic mass is 32.2. The van der Waals surface area contributed by atoms with Gasteiger partial charge in [0.25, 0.3) is 0 Å². The van der Waals surface area contributed by atoms with Crippen LogP contribution in [0.2, 0.25) is 0 Å². The van der Waals surface area contributed by atoms with Crippen LogP contribution in [-0.4, -0.2) is 34.9 Å². The highest BCUT2D eigenvalue weighted by molar-refractivity contribution is 7.90. The topological polar surface area (TPSA) is 55.4 Å². The van der Waals surface area contributed by atoms with Crippen LogP contribution in [-0.2, 0) is 9.84 Å². The molecule has 0 aliphatic rings. The minimum atomic E-state index is -3.12. The molecule has 4 nitrogen and oxygen atoms in total. The van der Waals surface area contributed by atoms with Gasteiger partial charge in [0.05, 0.1) is 11.5 Å². The van der Waals surface area contributed by atoms with E-state index in [-0.39, 0.29) is 0 Å². The maximum atomic E-state index is 11.3. The fraction of sp³-hybridized carbons (Fsp3) is 0.571. The number of ether oxygens (including phenoxy) is 1. The molecule has 1 N–H and O–H groups in total. The van der Waals surface area contributed by atoms with Gasteiger partial charge in [0.1, 0.15) is 5.75 Å². The number of sulfone groups is 1. The second-order valence-electron chi connectivity index (χ2n) is 4.61. The van der Waals surface area contributed by atoms with Crippen LogP contribution in [0.4, 0.5) is 0 Å². The Hall–Kier alpha value is -1.07. The van der Waals surface area contributed by atoms with Gasteiger partial charge in [-0.2, -0.15) is 0 Å². The number of hydrogen-bond donors (Lipinski definition) is 1. The Bertz CT molecular complexity index is 454. The Morgan fingerprint density at radius 1 is 1.05 bits per heavy atom. The van der Waals surface area contributed by atoms with Crippen molar-refractivity contribution in [1.82, 2.24) is 5.32 Å². The summed E-state index contributed by atoms with van der Waals surface area (Å²) in [5.74, 6) is 0.725. The number of benzene rings is 1. The summed E-state index contributed by atoms with van der Waals surface area (Å²) in [4.78, 5) is 0.326. The number of rotatable bonds is 9. The summed E-state index contributed by atoms with van der Waals surface area (Å²) in [5, 5.41) is 3.12. The largest absolute Gasteiger partial charge is 0.494 e. The lowest BCUT2D eigenvalue weighted by Crippen LogP contribution is -2.07. The van der Waals surface area contributed by atoms with Crippen LogP contribution in [0, 0.1) is 0 Å². The predicted octanol–water partition coefficient (Wildman–Crippen LogP) is 2.25. The summed E-state index contributed by atoms with van der Waals surface area (Å²) in [6, 6.07) is 6.57. The molecule has 1 rings (SSSR count). The monoisotopic (exact) mass is 285 g/mol. The van der Waals surface area contributed by atoms with Crippen molar-refractivity contribution in [1.29, 1.82) is 0 Å². The van der Waals surface area contributed by atoms with E-state index in [0.29, 0.717) is 11.5 Å². The molecule has 0 bridgehead atoms. The molecule has 0 aliphatic carbocycles. The quantitative estimate of drug-likeness (QED) is 0.707. The van der Waals surface area contributed by atoms with Crippen molar-refractivity contribution in [3.63, 3.8) is 0 Å². The predicted molar refractivity (Wildman–Crippen MR) is 77.4 cm³/mol. The average molecular weight is 285 g/mol. The van der Waals surface area contributed by atoms with Crippen molar-refractivity contribution in [3.8, 4) is 5.75 Å². The van der Waals surface area contributed by atoms with E-state index in [0.717, 1.165) is 25.1 Å². The molecule has 0 spiro atoms. The Morgan fingerprint density at radius 2 is 1.68 bits per heavy atom. The summed E-state index contributed by atoms with van der Waals surface area (Å²) >= 11 is 0. The van der Waals surface area contributed by atoms with Crippen LogP contribution in [0.1, 0.15) is 25.7 Å². The van der Waals surface area contributed by atoms with Gasteiger partial charge in [-0.25, -0.2) is 8.42 Å². The molecule has 1 aromatic rings. The molecule has 0 fully saturated rings. The van der Waals surface area contributed by atoms with E-state index in [1.54, 1.807) is 24.3 Å². The second kappa shape index (κ2) is 8.17. The van der Waals surface area contributed by atoms with E-state index in [1.165, 1.54) is 19.1 Å². The first-order valence-corrected chi connectivity index (χ1v) is 8.50. The molecule has 0 heterocycles. The Balaban J connectivity index is 2.23. The molecule has 19 heavy (non-hydrogen) atoms. The van der Waals surface area contributed by atoms with Crippen LogP contribution in [0.5, 0.6) is 5.75 Å². The van der Waals surface area contributed by atoms with Crippen molar-refractivity contribution in [2.45, 2.75) is 30.6 Å². The number of hydrogen-bond acceptors (Lipinski definition) is 4. The van der Waals surface area contributed by atoms with Gasteiger partial charge in [-0.15, -0.1) is 0 Å². The zero-order valence-corrected chi connectivity index (χ0v) is 12.5. The zero-order chi connectivity index (χ0) is 14.1. The van der Waals surface area contributed by atoms with Crippen molar-refractivity contribution in [3.05, 3.63) is 24.3 Å². The fourth-order valence-corrected chi connectivity index (χ4v) is 2.36. The lowest BCUT2D eigenvalue weighted by molar-refractivity contribution is 0.304. The van der Waals surface area contributed by atoms with Gasteiger partial charge < -0.3 is 10.1 Å². The summed E-state index contributed by atoms with van der Waals surface area (Å²) in [5.41, 5.74) is 0. The highest BCUT2D eigenvalue weighted by Crippen LogP contribution is 2.16. The van der Waals surface area contributed by atoms with E-state index in [4.69, 9.17) is 4.74 Å². The molecular weight excluding hydrogens is 262 g/mol. The van der Waals surface area contributed by atoms with E-state index in [9.17, 15) is 8.42 Å². The van der Waals surface area contributed by atoms with Crippen molar-refractivity contribution in [2.24, 2.45) is 0 Å². The van der Waals surface area contributed by atoms with Crippen LogP contribution in [0.25, 0.3) is 0 Å². The summed E-state index contributed by atoms with van der Waals surface area (Å²) in [6.07, 6.45) is 5.78. The molecule has 0 amide bonds. The molecule has 0 radical (unpaired) electrons. The Morgan fingerprint density at radius 3 is 2.26 bits per heavy atom. The van der Waals surface area contributed by atoms with Gasteiger partial charge in [-0.3, -0.25) is 0 Å². The number of nitrogens with one attached hydrogen (secondary N) is 1. The van der Waals surface area contributed by atoms with E-state index < -0.39 is 9.84 Å². The molecule has 0 saturated heterocycles. The van der Waals surface area contributed by atoms with Gasteiger partial charge in [-0.05, 0) is 50.7 Å². The van der Waals surface area contributed by atoms with Crippen LogP contribution >= 0.6 is 0 Å². The standard InChI is InChI=1S/C14H23NO3S/c1-15-11-5-3-4-6-12-18-13-7-9-14(10-8-13)19(2,16)17/h7-10,15H,3-6,11-12H2,1-2H3. The van der Waals surface area contributed by atoms with Gasteiger partial charge in [0.15, 0.2) is 9.84 Å². The van der Waals surface area contributed by atoms with Crippen LogP contribution in [0.3, 0.4) is 0 Å². The third kappa shape index (κ3) is 6.59. The molecule has 0 aliphatic heterocycles. The first kappa shape index (κ1) is 16.0. The van der Waals surface area contributed by atoms with Crippen LogP contribution in [0.15, 0.2) is 29.2 Å². The zero-order valence-electron chi connectivity index (χ0n) is 11.7. The highest BCUT2D eigenvalue weighted by Gasteiger charge is 2.06. The molecule has 108 valence electrons. The normalized spacial score (nSPS) is 11.5. The first-order chi connectivity index (χ1) is 9.04. The van der Waals surface area contributed by atoms with Crippen LogP contribution < -0.4 is 10.1 Å². The molecule has 1 aromatic carbocycles. The minimum Gasteiger partial charge on any atom is -0.494 e. The molecule has 0 atom stereocenters. The average Bonchev–Trinajstić information content (AvgIpc) is 2.37. The van der Waals surface area contributed by atoms with Gasteiger partial charge >= 0.3 is 0 Å². The lowest BCUT2D eigenvalue weighted by Gasteiger charge is -2.06. The summed E-state index contributed by atoms with van der Waals surface area (Å²) in [7, 11) is -1.16. The van der Waals surface area contributed by atoms with E-state index in [1.807, 2.05) is 7.05 Å². The van der Waals surface area contributed by atoms with Gasteiger partial charge in [-0.1, -0.05) is 12.8 Å². The smallest absolute Gasteiger partial charge is 0.175 e. The molecule has 0 unspecified atom stereocenters. The SMILES string of the molecule is CNCCCCCCOc1ccc(S(C)(=O)=O)cc1. The molecular formula is C14H23NO3S. The molecule has 0 saturated carbocycles. The third-order valence-electron chi connectivity index (χ3n) is 2.84. The third-order valence-corrected chi connectivity index (χ3v) is 3.97. The van der Waals surface area contributed by atoms with E-state index in [2.05, 4.69) is 5.32 Å². The van der Waals surface area contributed by atoms with Crippen molar-refractivity contribution < 1.29 is 13.2 Å². The lowest BCUT2D eigenvalue weighted by atomic mass is 10.2. The second-order valence-corrected chi connectivity index (χ2v) is 6.63. The maximum absolute atomic E-state index is 11.3.